The number of nitrogens with zero attached hydrogens (tertiary/aromatic N) is 3. The molecule has 2 N–H and O–H groups in total. The molecule has 0 bridgehead atoms. The Hall–Kier alpha value is -2.04. The Morgan fingerprint density at radius 2 is 2.10 bits per heavy atom. The van der Waals surface area contributed by atoms with Crippen LogP contribution in [-0.4, -0.2) is 24.2 Å². The molecular weight excluding hydrogens is 256 g/mol. The van der Waals surface area contributed by atoms with Crippen LogP contribution < -0.4 is 5.32 Å². The standard InChI is InChI=1S/C14H20N4O2/c1-3-11-5-7-12(8-6-11)14(2,13(19)20)16-9-4-10-17-18-15/h5-8,16H,3-4,9-10H2,1-2H3,(H,19,20). The third-order valence-electron chi connectivity index (χ3n) is 3.34. The second-order valence-corrected chi connectivity index (χ2v) is 4.72. The SMILES string of the molecule is CCc1ccc(C(C)(NCCCN=[N+]=[N-])C(=O)O)cc1. The van der Waals surface area contributed by atoms with E-state index in [0.717, 1.165) is 6.42 Å². The molecule has 0 aromatic heterocycles. The van der Waals surface area contributed by atoms with Gasteiger partial charge in [0.05, 0.1) is 0 Å². The smallest absolute Gasteiger partial charge is 0.328 e. The highest BCUT2D eigenvalue weighted by atomic mass is 16.4. The van der Waals surface area contributed by atoms with E-state index in [-0.39, 0.29) is 0 Å². The maximum atomic E-state index is 11.6. The molecule has 6 nitrogen and oxygen atoms in total. The number of carboxylic acids is 1. The van der Waals surface area contributed by atoms with Crippen LogP contribution >= 0.6 is 0 Å². The van der Waals surface area contributed by atoms with Gasteiger partial charge in [-0.15, -0.1) is 0 Å². The monoisotopic (exact) mass is 276 g/mol. The quantitative estimate of drug-likeness (QED) is 0.330. The minimum Gasteiger partial charge on any atom is -0.480 e. The fourth-order valence-corrected chi connectivity index (χ4v) is 1.91. The molecule has 0 aliphatic rings. The topological polar surface area (TPSA) is 98.1 Å². The molecule has 1 atom stereocenters. The fraction of sp³-hybridized carbons (Fsp3) is 0.500. The number of carboxylic acid groups (broad SMARTS) is 1. The van der Waals surface area contributed by atoms with E-state index in [0.29, 0.717) is 25.1 Å². The van der Waals surface area contributed by atoms with Gasteiger partial charge in [-0.25, -0.2) is 4.79 Å². The number of rotatable bonds is 8. The summed E-state index contributed by atoms with van der Waals surface area (Å²) in [4.78, 5) is 14.2. The lowest BCUT2D eigenvalue weighted by Crippen LogP contribution is -2.47. The fourth-order valence-electron chi connectivity index (χ4n) is 1.91. The molecule has 0 heterocycles. The first-order valence-corrected chi connectivity index (χ1v) is 6.63. The van der Waals surface area contributed by atoms with Crippen LogP contribution in [0.25, 0.3) is 10.4 Å². The lowest BCUT2D eigenvalue weighted by Gasteiger charge is -2.27. The van der Waals surface area contributed by atoms with Crippen molar-refractivity contribution in [3.8, 4) is 0 Å². The van der Waals surface area contributed by atoms with Crippen molar-refractivity contribution in [1.29, 1.82) is 0 Å². The molecule has 1 rings (SSSR count). The van der Waals surface area contributed by atoms with E-state index in [2.05, 4.69) is 22.3 Å². The summed E-state index contributed by atoms with van der Waals surface area (Å²) < 4.78 is 0. The summed E-state index contributed by atoms with van der Waals surface area (Å²) in [6, 6.07) is 7.57. The highest BCUT2D eigenvalue weighted by Gasteiger charge is 2.34. The van der Waals surface area contributed by atoms with Crippen LogP contribution in [0.1, 0.15) is 31.4 Å². The van der Waals surface area contributed by atoms with Gasteiger partial charge >= 0.3 is 5.97 Å². The molecule has 0 aliphatic heterocycles. The zero-order valence-electron chi connectivity index (χ0n) is 11.8. The van der Waals surface area contributed by atoms with Crippen molar-refractivity contribution in [2.75, 3.05) is 13.1 Å². The van der Waals surface area contributed by atoms with Crippen molar-refractivity contribution in [3.63, 3.8) is 0 Å². The maximum absolute atomic E-state index is 11.6. The average molecular weight is 276 g/mol. The lowest BCUT2D eigenvalue weighted by atomic mass is 9.91. The maximum Gasteiger partial charge on any atom is 0.328 e. The van der Waals surface area contributed by atoms with E-state index in [9.17, 15) is 9.90 Å². The number of hydrogen-bond acceptors (Lipinski definition) is 3. The molecule has 0 amide bonds. The molecular formula is C14H20N4O2. The second-order valence-electron chi connectivity index (χ2n) is 4.72. The Kier molecular flexibility index (Phi) is 6.03. The number of aliphatic carboxylic acids is 1. The minimum absolute atomic E-state index is 0.355. The van der Waals surface area contributed by atoms with Crippen molar-refractivity contribution in [2.45, 2.75) is 32.2 Å². The highest BCUT2D eigenvalue weighted by molar-refractivity contribution is 5.80. The normalized spacial score (nSPS) is 13.3. The van der Waals surface area contributed by atoms with Crippen molar-refractivity contribution in [3.05, 3.63) is 45.8 Å². The third kappa shape index (κ3) is 3.98. The predicted molar refractivity (Wildman–Crippen MR) is 77.4 cm³/mol. The number of hydrogen-bond donors (Lipinski definition) is 2. The van der Waals surface area contributed by atoms with Gasteiger partial charge in [0.2, 0.25) is 0 Å². The minimum atomic E-state index is -1.14. The molecule has 108 valence electrons. The summed E-state index contributed by atoms with van der Waals surface area (Å²) >= 11 is 0. The molecule has 0 spiro atoms. The summed E-state index contributed by atoms with van der Waals surface area (Å²) in [5.74, 6) is -0.925. The van der Waals surface area contributed by atoms with Crippen LogP contribution in [0.5, 0.6) is 0 Å². The molecule has 6 heteroatoms. The Morgan fingerprint density at radius 3 is 2.60 bits per heavy atom. The molecule has 20 heavy (non-hydrogen) atoms. The Balaban J connectivity index is 2.79. The van der Waals surface area contributed by atoms with E-state index < -0.39 is 11.5 Å². The number of azide groups is 1. The number of aryl methyl sites for hydroxylation is 1. The molecule has 0 fully saturated rings. The number of benzene rings is 1. The first kappa shape index (κ1) is 16.0. The van der Waals surface area contributed by atoms with Crippen LogP contribution in [0.4, 0.5) is 0 Å². The van der Waals surface area contributed by atoms with Gasteiger partial charge in [0.1, 0.15) is 5.54 Å². The van der Waals surface area contributed by atoms with E-state index in [1.807, 2.05) is 24.3 Å². The van der Waals surface area contributed by atoms with Gasteiger partial charge in [0.15, 0.2) is 0 Å². The second kappa shape index (κ2) is 7.53. The first-order valence-electron chi connectivity index (χ1n) is 6.63. The van der Waals surface area contributed by atoms with Gasteiger partial charge in [-0.05, 0) is 43.0 Å². The summed E-state index contributed by atoms with van der Waals surface area (Å²) in [5.41, 5.74) is 8.93. The van der Waals surface area contributed by atoms with Gasteiger partial charge in [-0.3, -0.25) is 5.32 Å². The van der Waals surface area contributed by atoms with E-state index in [4.69, 9.17) is 5.53 Å². The predicted octanol–water partition coefficient (Wildman–Crippen LogP) is 2.84. The Labute approximate surface area is 118 Å². The van der Waals surface area contributed by atoms with Gasteiger partial charge in [0, 0.05) is 11.5 Å². The highest BCUT2D eigenvalue weighted by Crippen LogP contribution is 2.22. The molecule has 1 unspecified atom stereocenters. The average Bonchev–Trinajstić information content (AvgIpc) is 2.46. The Bertz CT molecular complexity index is 494. The molecule has 0 saturated heterocycles. The summed E-state index contributed by atoms with van der Waals surface area (Å²) in [6.07, 6.45) is 1.52. The van der Waals surface area contributed by atoms with Gasteiger partial charge in [0.25, 0.3) is 0 Å². The zero-order valence-corrected chi connectivity index (χ0v) is 11.8. The van der Waals surface area contributed by atoms with Gasteiger partial charge in [-0.1, -0.05) is 36.3 Å². The summed E-state index contributed by atoms with van der Waals surface area (Å²) in [5, 5.41) is 15.9. The molecule has 0 saturated carbocycles. The van der Waals surface area contributed by atoms with Gasteiger partial charge < -0.3 is 5.11 Å². The molecule has 0 aliphatic carbocycles. The number of nitrogens with one attached hydrogen (secondary N) is 1. The van der Waals surface area contributed by atoms with Gasteiger partial charge in [-0.2, -0.15) is 0 Å². The molecule has 0 radical (unpaired) electrons. The van der Waals surface area contributed by atoms with Crippen LogP contribution in [-0.2, 0) is 16.8 Å². The summed E-state index contributed by atoms with van der Waals surface area (Å²) in [6.45, 7) is 4.52. The van der Waals surface area contributed by atoms with Crippen LogP contribution in [0.2, 0.25) is 0 Å². The lowest BCUT2D eigenvalue weighted by molar-refractivity contribution is -0.144. The van der Waals surface area contributed by atoms with Crippen molar-refractivity contribution in [2.24, 2.45) is 5.11 Å². The molecule has 1 aromatic rings. The van der Waals surface area contributed by atoms with Crippen LogP contribution in [0.15, 0.2) is 29.4 Å². The first-order chi connectivity index (χ1) is 9.54. The largest absolute Gasteiger partial charge is 0.480 e. The Morgan fingerprint density at radius 1 is 1.45 bits per heavy atom. The van der Waals surface area contributed by atoms with Crippen LogP contribution in [0, 0.1) is 0 Å². The third-order valence-corrected chi connectivity index (χ3v) is 3.34. The van der Waals surface area contributed by atoms with Crippen molar-refractivity contribution < 1.29 is 9.90 Å². The van der Waals surface area contributed by atoms with E-state index >= 15 is 0 Å². The van der Waals surface area contributed by atoms with Crippen molar-refractivity contribution in [1.82, 2.24) is 5.32 Å². The van der Waals surface area contributed by atoms with E-state index in [1.165, 1.54) is 5.56 Å². The summed E-state index contributed by atoms with van der Waals surface area (Å²) in [7, 11) is 0. The zero-order chi connectivity index (χ0) is 15.0. The van der Waals surface area contributed by atoms with Crippen molar-refractivity contribution >= 4 is 5.97 Å². The van der Waals surface area contributed by atoms with E-state index in [1.54, 1.807) is 6.92 Å². The van der Waals surface area contributed by atoms with Crippen LogP contribution in [0.3, 0.4) is 0 Å². The number of carbonyl (C=O) groups is 1. The molecule has 1 aromatic carbocycles.